The Morgan fingerprint density at radius 2 is 1.76 bits per heavy atom. The molecule has 3 heterocycles. The number of amides is 1. The van der Waals surface area contributed by atoms with Crippen LogP contribution in [0.3, 0.4) is 0 Å². The van der Waals surface area contributed by atoms with E-state index >= 15 is 0 Å². The van der Waals surface area contributed by atoms with E-state index in [1.165, 1.54) is 0 Å². The average Bonchev–Trinajstić information content (AvgIpc) is 2.94. The van der Waals surface area contributed by atoms with Gasteiger partial charge in [0.05, 0.1) is 23.6 Å². The minimum absolute atomic E-state index is 0.0699. The zero-order valence-electron chi connectivity index (χ0n) is 21.8. The standard InChI is InChI=1S/C29H38ClN3O5/c30-24-9-2-1-7-22(24)19-27(36)33-15-6-4-11-29(28(37)38-21-26(35)25(34)10-16-33)12-17-32(18-13-29)20-23-8-3-5-14-31-23/h1-3,5,7-9,14,25-26,34-35H,4,6,10-13,15-21H2/t25-,26+/m0/s1. The highest BCUT2D eigenvalue weighted by atomic mass is 35.5. The Kier molecular flexibility index (Phi) is 10.1. The Hall–Kier alpha value is -2.52. The van der Waals surface area contributed by atoms with E-state index in [-0.39, 0.29) is 31.3 Å². The second-order valence-electron chi connectivity index (χ2n) is 10.5. The first-order valence-electron chi connectivity index (χ1n) is 13.5. The van der Waals surface area contributed by atoms with Crippen molar-refractivity contribution in [1.82, 2.24) is 14.8 Å². The van der Waals surface area contributed by atoms with Crippen molar-refractivity contribution in [2.45, 2.75) is 63.7 Å². The fourth-order valence-corrected chi connectivity index (χ4v) is 5.57. The lowest BCUT2D eigenvalue weighted by molar-refractivity contribution is -0.165. The number of aliphatic hydroxyl groups excluding tert-OH is 2. The van der Waals surface area contributed by atoms with Crippen LogP contribution in [0.4, 0.5) is 0 Å². The van der Waals surface area contributed by atoms with Crippen LogP contribution in [0.15, 0.2) is 48.7 Å². The van der Waals surface area contributed by atoms with Crippen LogP contribution in [0, 0.1) is 5.41 Å². The molecule has 2 aliphatic rings. The maximum absolute atomic E-state index is 13.3. The van der Waals surface area contributed by atoms with E-state index in [1.807, 2.05) is 36.4 Å². The minimum atomic E-state index is -1.21. The van der Waals surface area contributed by atoms with Gasteiger partial charge in [0.15, 0.2) is 0 Å². The quantitative estimate of drug-likeness (QED) is 0.571. The fraction of sp³-hybridized carbons (Fsp3) is 0.552. The molecule has 0 saturated carbocycles. The van der Waals surface area contributed by atoms with Crippen molar-refractivity contribution in [3.05, 3.63) is 64.9 Å². The van der Waals surface area contributed by atoms with E-state index in [2.05, 4.69) is 9.88 Å². The zero-order chi connectivity index (χ0) is 27.0. The van der Waals surface area contributed by atoms with E-state index in [4.69, 9.17) is 16.3 Å². The van der Waals surface area contributed by atoms with Crippen molar-refractivity contribution in [3.8, 4) is 0 Å². The lowest BCUT2D eigenvalue weighted by Crippen LogP contribution is -2.46. The highest BCUT2D eigenvalue weighted by molar-refractivity contribution is 6.31. The molecular weight excluding hydrogens is 506 g/mol. The number of hydrogen-bond acceptors (Lipinski definition) is 7. The number of carbonyl (C=O) groups is 2. The number of rotatable bonds is 4. The third-order valence-corrected chi connectivity index (χ3v) is 8.24. The summed E-state index contributed by atoms with van der Waals surface area (Å²) < 4.78 is 5.58. The summed E-state index contributed by atoms with van der Waals surface area (Å²) in [5, 5.41) is 21.5. The third-order valence-electron chi connectivity index (χ3n) is 7.87. The molecule has 1 aromatic heterocycles. The van der Waals surface area contributed by atoms with Crippen LogP contribution in [-0.4, -0.2) is 81.9 Å². The number of halogens is 1. The van der Waals surface area contributed by atoms with E-state index in [1.54, 1.807) is 17.2 Å². The number of aromatic nitrogens is 1. The molecule has 2 atom stereocenters. The number of nitrogens with zero attached hydrogens (tertiary/aromatic N) is 3. The van der Waals surface area contributed by atoms with Gasteiger partial charge in [-0.3, -0.25) is 19.5 Å². The average molecular weight is 544 g/mol. The number of carbonyl (C=O) groups excluding carboxylic acids is 2. The Balaban J connectivity index is 1.41. The molecule has 2 aromatic rings. The second-order valence-corrected chi connectivity index (χ2v) is 10.9. The molecule has 2 aliphatic heterocycles. The molecule has 0 radical (unpaired) electrons. The summed E-state index contributed by atoms with van der Waals surface area (Å²) in [6, 6.07) is 13.2. The first-order chi connectivity index (χ1) is 18.4. The van der Waals surface area contributed by atoms with Crippen molar-refractivity contribution < 1.29 is 24.5 Å². The topological polar surface area (TPSA) is 103 Å². The summed E-state index contributed by atoms with van der Waals surface area (Å²) in [5.41, 5.74) is 1.13. The van der Waals surface area contributed by atoms with Crippen LogP contribution in [0.25, 0.3) is 0 Å². The zero-order valence-corrected chi connectivity index (χ0v) is 22.6. The number of benzene rings is 1. The molecule has 0 bridgehead atoms. The summed E-state index contributed by atoms with van der Waals surface area (Å²) in [5.74, 6) is -0.369. The van der Waals surface area contributed by atoms with Gasteiger partial charge in [-0.15, -0.1) is 0 Å². The van der Waals surface area contributed by atoms with Gasteiger partial charge in [0, 0.05) is 30.9 Å². The number of pyridine rings is 1. The van der Waals surface area contributed by atoms with Crippen LogP contribution in [0.5, 0.6) is 0 Å². The normalized spacial score (nSPS) is 23.7. The number of likely N-dealkylation sites (tertiary alicyclic amines) is 1. The molecular formula is C29H38ClN3O5. The van der Waals surface area contributed by atoms with E-state index in [0.717, 1.165) is 43.7 Å². The fourth-order valence-electron chi connectivity index (χ4n) is 5.37. The van der Waals surface area contributed by atoms with Gasteiger partial charge < -0.3 is 19.8 Å². The summed E-state index contributed by atoms with van der Waals surface area (Å²) in [6.45, 7) is 2.80. The molecule has 8 nitrogen and oxygen atoms in total. The molecule has 0 aliphatic carbocycles. The SMILES string of the molecule is O=C(Cc1ccccc1Cl)N1CCCCC2(CCN(Cc3ccccn3)CC2)C(=O)OC[C@@H](O)[C@@H](O)CC1. The maximum atomic E-state index is 13.3. The van der Waals surface area contributed by atoms with Gasteiger partial charge in [0.1, 0.15) is 12.7 Å². The molecule has 1 aromatic carbocycles. The number of cyclic esters (lactones) is 1. The molecule has 38 heavy (non-hydrogen) atoms. The Labute approximate surface area is 229 Å². The predicted molar refractivity (Wildman–Crippen MR) is 144 cm³/mol. The van der Waals surface area contributed by atoms with Gasteiger partial charge >= 0.3 is 5.97 Å². The smallest absolute Gasteiger partial charge is 0.312 e. The van der Waals surface area contributed by atoms with Gasteiger partial charge in [-0.05, 0) is 69.0 Å². The lowest BCUT2D eigenvalue weighted by atomic mass is 9.74. The number of aliphatic hydroxyl groups is 2. The monoisotopic (exact) mass is 543 g/mol. The first-order valence-corrected chi connectivity index (χ1v) is 13.9. The van der Waals surface area contributed by atoms with Crippen LogP contribution < -0.4 is 0 Å². The van der Waals surface area contributed by atoms with Gasteiger partial charge in [-0.2, -0.15) is 0 Å². The maximum Gasteiger partial charge on any atom is 0.312 e. The van der Waals surface area contributed by atoms with Crippen molar-refractivity contribution in [2.75, 3.05) is 32.8 Å². The van der Waals surface area contributed by atoms with Crippen LogP contribution in [0.1, 0.15) is 49.8 Å². The number of hydrogen-bond donors (Lipinski definition) is 2. The van der Waals surface area contributed by atoms with Crippen molar-refractivity contribution in [1.29, 1.82) is 0 Å². The van der Waals surface area contributed by atoms with Crippen molar-refractivity contribution >= 4 is 23.5 Å². The first kappa shape index (κ1) is 28.5. The van der Waals surface area contributed by atoms with Gasteiger partial charge in [0.25, 0.3) is 0 Å². The molecule has 206 valence electrons. The van der Waals surface area contributed by atoms with E-state index in [9.17, 15) is 19.8 Å². The summed E-state index contributed by atoms with van der Waals surface area (Å²) in [6.07, 6.45) is 3.34. The number of esters is 1. The molecule has 4 rings (SSSR count). The Morgan fingerprint density at radius 1 is 1.00 bits per heavy atom. The molecule has 1 amide bonds. The summed E-state index contributed by atoms with van der Waals surface area (Å²) >= 11 is 6.27. The largest absolute Gasteiger partial charge is 0.462 e. The highest BCUT2D eigenvalue weighted by Gasteiger charge is 2.42. The van der Waals surface area contributed by atoms with Crippen LogP contribution >= 0.6 is 11.6 Å². The van der Waals surface area contributed by atoms with Crippen molar-refractivity contribution in [3.63, 3.8) is 0 Å². The molecule has 0 unspecified atom stereocenters. The lowest BCUT2D eigenvalue weighted by Gasteiger charge is -2.40. The summed E-state index contributed by atoms with van der Waals surface area (Å²) in [7, 11) is 0. The molecule has 9 heteroatoms. The van der Waals surface area contributed by atoms with E-state index < -0.39 is 17.6 Å². The third kappa shape index (κ3) is 7.53. The van der Waals surface area contributed by atoms with Crippen LogP contribution in [-0.2, 0) is 27.3 Å². The Morgan fingerprint density at radius 3 is 2.50 bits per heavy atom. The van der Waals surface area contributed by atoms with Crippen molar-refractivity contribution in [2.24, 2.45) is 5.41 Å². The molecule has 1 spiro atoms. The Bertz CT molecular complexity index is 1060. The molecule has 2 fully saturated rings. The number of piperidine rings is 1. The van der Waals surface area contributed by atoms with Crippen LogP contribution in [0.2, 0.25) is 5.02 Å². The second kappa shape index (κ2) is 13.5. The van der Waals surface area contributed by atoms with Gasteiger partial charge in [0.2, 0.25) is 5.91 Å². The highest BCUT2D eigenvalue weighted by Crippen LogP contribution is 2.38. The summed E-state index contributed by atoms with van der Waals surface area (Å²) in [4.78, 5) is 34.9. The molecule has 2 saturated heterocycles. The number of ether oxygens (including phenoxy) is 1. The minimum Gasteiger partial charge on any atom is -0.462 e. The van der Waals surface area contributed by atoms with Gasteiger partial charge in [-0.1, -0.05) is 42.3 Å². The molecule has 2 N–H and O–H groups in total. The predicted octanol–water partition coefficient (Wildman–Crippen LogP) is 3.23. The van der Waals surface area contributed by atoms with E-state index in [0.29, 0.717) is 37.4 Å². The van der Waals surface area contributed by atoms with Gasteiger partial charge in [-0.25, -0.2) is 0 Å².